The molecule has 0 N–H and O–H groups in total. The molecular weight excluding hydrogens is 358 g/mol. The number of halogens is 2. The van der Waals surface area contributed by atoms with Gasteiger partial charge in [-0.25, -0.2) is 8.78 Å². The molecule has 3 rings (SSSR count). The first kappa shape index (κ1) is 18.1. The highest BCUT2D eigenvalue weighted by molar-refractivity contribution is 7.99. The van der Waals surface area contributed by atoms with E-state index in [1.807, 2.05) is 0 Å². The van der Waals surface area contributed by atoms with Crippen LogP contribution in [0.3, 0.4) is 0 Å². The summed E-state index contributed by atoms with van der Waals surface area (Å²) in [6.07, 6.45) is 0.453. The van der Waals surface area contributed by atoms with Crippen LogP contribution < -0.4 is 0 Å². The lowest BCUT2D eigenvalue weighted by atomic mass is 10.1. The monoisotopic (exact) mass is 378 g/mol. The molecule has 9 heteroatoms. The topological polar surface area (TPSA) is 49.9 Å². The third-order valence-electron chi connectivity index (χ3n) is 4.23. The zero-order valence-corrected chi connectivity index (χ0v) is 14.8. The number of hydrogen-bond acceptors (Lipinski definition) is 4. The van der Waals surface area contributed by atoms with Crippen molar-refractivity contribution in [2.75, 3.05) is 45.1 Å². The minimum absolute atomic E-state index is 0.245. The van der Waals surface area contributed by atoms with Gasteiger partial charge >= 0.3 is 0 Å². The van der Waals surface area contributed by atoms with Gasteiger partial charge in [-0.05, 0) is 24.6 Å². The van der Waals surface area contributed by atoms with Crippen molar-refractivity contribution in [2.24, 2.45) is 0 Å². The molecule has 134 valence electrons. The van der Waals surface area contributed by atoms with Gasteiger partial charge in [0.25, 0.3) is 10.2 Å². The number of nitrogens with zero attached hydrogens (tertiary/aromatic N) is 2. The SMILES string of the molecule is O=S(=O)(N1CCOCC1)N1CCSC(c2cc(F)ccc2F)CC1. The van der Waals surface area contributed by atoms with Crippen molar-refractivity contribution in [3.05, 3.63) is 35.4 Å². The summed E-state index contributed by atoms with van der Waals surface area (Å²) in [5.74, 6) is -0.378. The van der Waals surface area contributed by atoms with Crippen molar-refractivity contribution in [1.82, 2.24) is 8.61 Å². The molecule has 0 aromatic heterocycles. The Balaban J connectivity index is 1.72. The molecular formula is C15H20F2N2O3S2. The Morgan fingerprint density at radius 2 is 1.79 bits per heavy atom. The van der Waals surface area contributed by atoms with Crippen LogP contribution in [0.5, 0.6) is 0 Å². The highest BCUT2D eigenvalue weighted by Gasteiger charge is 2.33. The van der Waals surface area contributed by atoms with E-state index in [0.29, 0.717) is 57.1 Å². The van der Waals surface area contributed by atoms with Gasteiger partial charge in [0, 0.05) is 42.7 Å². The van der Waals surface area contributed by atoms with Crippen LogP contribution in [0.4, 0.5) is 8.78 Å². The Hall–Kier alpha value is -0.740. The van der Waals surface area contributed by atoms with Crippen molar-refractivity contribution in [3.63, 3.8) is 0 Å². The van der Waals surface area contributed by atoms with Crippen molar-refractivity contribution < 1.29 is 21.9 Å². The predicted octanol–water partition coefficient (Wildman–Crippen LogP) is 2.02. The summed E-state index contributed by atoms with van der Waals surface area (Å²) in [5.41, 5.74) is 0.311. The second-order valence-corrected chi connectivity index (χ2v) is 8.97. The van der Waals surface area contributed by atoms with Crippen LogP contribution in [0.2, 0.25) is 0 Å². The molecule has 1 aromatic rings. The summed E-state index contributed by atoms with van der Waals surface area (Å²) in [5, 5.41) is -0.245. The molecule has 0 radical (unpaired) electrons. The third kappa shape index (κ3) is 3.91. The van der Waals surface area contributed by atoms with Crippen LogP contribution in [0.1, 0.15) is 17.2 Å². The van der Waals surface area contributed by atoms with Crippen LogP contribution in [0.15, 0.2) is 18.2 Å². The zero-order chi connectivity index (χ0) is 17.2. The van der Waals surface area contributed by atoms with Gasteiger partial charge in [-0.15, -0.1) is 0 Å². The first-order chi connectivity index (χ1) is 11.5. The van der Waals surface area contributed by atoms with E-state index in [-0.39, 0.29) is 5.25 Å². The summed E-state index contributed by atoms with van der Waals surface area (Å²) in [6.45, 7) is 2.19. The zero-order valence-electron chi connectivity index (χ0n) is 13.2. The molecule has 0 aliphatic carbocycles. The smallest absolute Gasteiger partial charge is 0.282 e. The number of rotatable bonds is 3. The van der Waals surface area contributed by atoms with Crippen LogP contribution in [0.25, 0.3) is 0 Å². The molecule has 1 aromatic carbocycles. The van der Waals surface area contributed by atoms with Crippen molar-refractivity contribution in [1.29, 1.82) is 0 Å². The van der Waals surface area contributed by atoms with Crippen LogP contribution in [0, 0.1) is 11.6 Å². The van der Waals surface area contributed by atoms with E-state index in [0.717, 1.165) is 12.1 Å². The van der Waals surface area contributed by atoms with Crippen molar-refractivity contribution in [3.8, 4) is 0 Å². The fraction of sp³-hybridized carbons (Fsp3) is 0.600. The Kier molecular flexibility index (Phi) is 5.76. The number of morpholine rings is 1. The van der Waals surface area contributed by atoms with E-state index in [4.69, 9.17) is 4.74 Å². The molecule has 2 saturated heterocycles. The van der Waals surface area contributed by atoms with E-state index in [1.54, 1.807) is 0 Å². The van der Waals surface area contributed by atoms with E-state index in [1.165, 1.54) is 26.4 Å². The van der Waals surface area contributed by atoms with Gasteiger partial charge in [0.05, 0.1) is 13.2 Å². The highest BCUT2D eigenvalue weighted by Crippen LogP contribution is 2.36. The van der Waals surface area contributed by atoms with Gasteiger partial charge < -0.3 is 4.74 Å². The lowest BCUT2D eigenvalue weighted by Crippen LogP contribution is -2.49. The lowest BCUT2D eigenvalue weighted by molar-refractivity contribution is 0.0703. The molecule has 2 fully saturated rings. The molecule has 2 heterocycles. The first-order valence-corrected chi connectivity index (χ1v) is 10.3. The summed E-state index contributed by atoms with van der Waals surface area (Å²) in [7, 11) is -3.53. The molecule has 2 aliphatic rings. The van der Waals surface area contributed by atoms with Crippen LogP contribution in [-0.4, -0.2) is 62.2 Å². The van der Waals surface area contributed by atoms with E-state index in [9.17, 15) is 17.2 Å². The second-order valence-electron chi connectivity index (χ2n) is 5.73. The van der Waals surface area contributed by atoms with Crippen molar-refractivity contribution in [2.45, 2.75) is 11.7 Å². The number of ether oxygens (including phenoxy) is 1. The number of benzene rings is 1. The molecule has 0 spiro atoms. The van der Waals surface area contributed by atoms with Crippen molar-refractivity contribution >= 4 is 22.0 Å². The summed E-state index contributed by atoms with van der Waals surface area (Å²) >= 11 is 1.47. The first-order valence-electron chi connectivity index (χ1n) is 7.88. The van der Waals surface area contributed by atoms with Crippen LogP contribution in [-0.2, 0) is 14.9 Å². The minimum atomic E-state index is -3.53. The summed E-state index contributed by atoms with van der Waals surface area (Å²) in [6, 6.07) is 3.42. The predicted molar refractivity (Wildman–Crippen MR) is 89.1 cm³/mol. The molecule has 0 saturated carbocycles. The third-order valence-corrected chi connectivity index (χ3v) is 7.57. The molecule has 5 nitrogen and oxygen atoms in total. The summed E-state index contributed by atoms with van der Waals surface area (Å²) in [4.78, 5) is 0. The number of thioether (sulfide) groups is 1. The highest BCUT2D eigenvalue weighted by atomic mass is 32.2. The Labute approximate surface area is 145 Å². The molecule has 24 heavy (non-hydrogen) atoms. The summed E-state index contributed by atoms with van der Waals surface area (Å²) < 4.78 is 60.9. The molecule has 1 unspecified atom stereocenters. The van der Waals surface area contributed by atoms with Gasteiger partial charge in [0.2, 0.25) is 0 Å². The maximum Gasteiger partial charge on any atom is 0.282 e. The Morgan fingerprint density at radius 3 is 2.54 bits per heavy atom. The van der Waals surface area contributed by atoms with Gasteiger partial charge in [-0.3, -0.25) is 0 Å². The molecule has 1 atom stereocenters. The van der Waals surface area contributed by atoms with Gasteiger partial charge in [-0.1, -0.05) is 0 Å². The van der Waals surface area contributed by atoms with E-state index < -0.39 is 21.8 Å². The second kappa shape index (κ2) is 7.65. The average molecular weight is 378 g/mol. The van der Waals surface area contributed by atoms with E-state index in [2.05, 4.69) is 0 Å². The maximum atomic E-state index is 14.0. The average Bonchev–Trinajstić information content (AvgIpc) is 2.84. The molecule has 0 bridgehead atoms. The van der Waals surface area contributed by atoms with Gasteiger partial charge in [0.1, 0.15) is 11.6 Å². The lowest BCUT2D eigenvalue weighted by Gasteiger charge is -2.31. The Morgan fingerprint density at radius 1 is 1.08 bits per heavy atom. The largest absolute Gasteiger partial charge is 0.379 e. The fourth-order valence-electron chi connectivity index (χ4n) is 2.93. The number of hydrogen-bond donors (Lipinski definition) is 0. The quantitative estimate of drug-likeness (QED) is 0.808. The Bertz CT molecular complexity index is 681. The molecule has 0 amide bonds. The normalized spacial score (nSPS) is 24.7. The van der Waals surface area contributed by atoms with Gasteiger partial charge in [-0.2, -0.15) is 28.8 Å². The fourth-order valence-corrected chi connectivity index (χ4v) is 5.88. The standard InChI is InChI=1S/C15H20F2N2O3S2/c16-12-1-2-14(17)13(11-12)15-3-4-18(7-10-23-15)24(20,21)19-5-8-22-9-6-19/h1-2,11,15H,3-10H2. The minimum Gasteiger partial charge on any atom is -0.379 e. The van der Waals surface area contributed by atoms with Crippen LogP contribution >= 0.6 is 11.8 Å². The molecule has 2 aliphatic heterocycles. The van der Waals surface area contributed by atoms with E-state index >= 15 is 0 Å². The maximum absolute atomic E-state index is 14.0. The van der Waals surface area contributed by atoms with Gasteiger partial charge in [0.15, 0.2) is 0 Å².